The number of rotatable bonds is 8. The van der Waals surface area contributed by atoms with Crippen molar-refractivity contribution < 1.29 is 19.4 Å². The highest BCUT2D eigenvalue weighted by Gasteiger charge is 2.21. The van der Waals surface area contributed by atoms with E-state index in [0.29, 0.717) is 18.3 Å². The van der Waals surface area contributed by atoms with Gasteiger partial charge in [0.15, 0.2) is 11.7 Å². The van der Waals surface area contributed by atoms with Crippen LogP contribution in [0.2, 0.25) is 5.02 Å². The minimum Gasteiger partial charge on any atom is -0.494 e. The van der Waals surface area contributed by atoms with Gasteiger partial charge < -0.3 is 19.5 Å². The highest BCUT2D eigenvalue weighted by Crippen LogP contribution is 2.33. The molecule has 0 bridgehead atoms. The lowest BCUT2D eigenvalue weighted by atomic mass is 9.94. The third-order valence-corrected chi connectivity index (χ3v) is 6.83. The van der Waals surface area contributed by atoms with Gasteiger partial charge in [0.05, 0.1) is 16.8 Å². The largest absolute Gasteiger partial charge is 0.494 e. The number of nitrogens with zero attached hydrogens (tertiary/aromatic N) is 2. The van der Waals surface area contributed by atoms with Gasteiger partial charge >= 0.3 is 5.97 Å². The number of hydrogen-bond acceptors (Lipinski definition) is 6. The lowest BCUT2D eigenvalue weighted by Gasteiger charge is -2.31. The van der Waals surface area contributed by atoms with E-state index in [0.717, 1.165) is 64.0 Å². The van der Waals surface area contributed by atoms with Crippen LogP contribution in [0, 0.1) is 12.8 Å². The van der Waals surface area contributed by atoms with Crippen LogP contribution in [0.25, 0.3) is 10.2 Å². The summed E-state index contributed by atoms with van der Waals surface area (Å²) in [6.45, 7) is 4.22. The molecule has 0 aliphatic carbocycles. The van der Waals surface area contributed by atoms with Gasteiger partial charge in [-0.3, -0.25) is 0 Å². The normalized spacial score (nSPS) is 14.7. The average Bonchev–Trinajstić information content (AvgIpc) is 3.16. The summed E-state index contributed by atoms with van der Waals surface area (Å²) in [5, 5.41) is 10.5. The van der Waals surface area contributed by atoms with E-state index in [4.69, 9.17) is 31.2 Å². The molecule has 2 aromatic carbocycles. The molecule has 8 heteroatoms. The molecule has 0 unspecified atom stereocenters. The predicted octanol–water partition coefficient (Wildman–Crippen LogP) is 5.41. The molecule has 31 heavy (non-hydrogen) atoms. The number of benzene rings is 2. The molecule has 1 fully saturated rings. The third-order valence-electron chi connectivity index (χ3n) is 5.52. The van der Waals surface area contributed by atoms with E-state index in [-0.39, 0.29) is 6.61 Å². The Labute approximate surface area is 190 Å². The number of thiazole rings is 1. The Bertz CT molecular complexity index is 1060. The van der Waals surface area contributed by atoms with E-state index < -0.39 is 5.97 Å². The standard InChI is InChI=1S/C23H25ClN2O4S/c1-15-12-18(3-5-20(15)30-14-22(27)28)29-11-8-16-6-9-26(10-7-16)23-25-19-4-2-17(24)13-21(19)31-23/h2-5,12-13,16H,6-11,14H2,1H3,(H,27,28). The number of fused-ring (bicyclic) bond motifs is 1. The quantitative estimate of drug-likeness (QED) is 0.484. The first-order chi connectivity index (χ1) is 15.0. The maximum absolute atomic E-state index is 10.6. The molecule has 0 atom stereocenters. The van der Waals surface area contributed by atoms with Gasteiger partial charge in [0.25, 0.3) is 0 Å². The van der Waals surface area contributed by atoms with Crippen LogP contribution in [0.5, 0.6) is 11.5 Å². The number of ether oxygens (including phenoxy) is 2. The van der Waals surface area contributed by atoms with Crippen molar-refractivity contribution in [2.45, 2.75) is 26.2 Å². The van der Waals surface area contributed by atoms with Crippen molar-refractivity contribution in [2.75, 3.05) is 31.2 Å². The lowest BCUT2D eigenvalue weighted by molar-refractivity contribution is -0.139. The summed E-state index contributed by atoms with van der Waals surface area (Å²) in [5.41, 5.74) is 1.87. The first kappa shape index (κ1) is 21.7. The highest BCUT2D eigenvalue weighted by atomic mass is 35.5. The van der Waals surface area contributed by atoms with Crippen molar-refractivity contribution >= 4 is 44.3 Å². The lowest BCUT2D eigenvalue weighted by Crippen LogP contribution is -2.34. The smallest absolute Gasteiger partial charge is 0.341 e. The second kappa shape index (κ2) is 9.75. The molecule has 1 saturated heterocycles. The number of carbonyl (C=O) groups is 1. The molecule has 2 heterocycles. The van der Waals surface area contributed by atoms with Crippen LogP contribution in [-0.2, 0) is 4.79 Å². The van der Waals surface area contributed by atoms with Gasteiger partial charge in [-0.2, -0.15) is 0 Å². The Balaban J connectivity index is 1.23. The van der Waals surface area contributed by atoms with Crippen molar-refractivity contribution in [3.8, 4) is 11.5 Å². The molecule has 1 aliphatic heterocycles. The molecule has 164 valence electrons. The van der Waals surface area contributed by atoms with Crippen molar-refractivity contribution in [2.24, 2.45) is 5.92 Å². The van der Waals surface area contributed by atoms with Gasteiger partial charge in [0.1, 0.15) is 11.5 Å². The summed E-state index contributed by atoms with van der Waals surface area (Å²) in [6.07, 6.45) is 3.27. The second-order valence-electron chi connectivity index (χ2n) is 7.79. The molecule has 1 aromatic heterocycles. The maximum atomic E-state index is 10.6. The molecular formula is C23H25ClN2O4S. The van der Waals surface area contributed by atoms with Crippen LogP contribution in [0.4, 0.5) is 5.13 Å². The first-order valence-electron chi connectivity index (χ1n) is 10.4. The Kier molecular flexibility index (Phi) is 6.83. The van der Waals surface area contributed by atoms with Gasteiger partial charge in [-0.1, -0.05) is 22.9 Å². The van der Waals surface area contributed by atoms with E-state index in [1.54, 1.807) is 17.4 Å². The summed E-state index contributed by atoms with van der Waals surface area (Å²) in [4.78, 5) is 17.8. The molecule has 1 N–H and O–H groups in total. The monoisotopic (exact) mass is 460 g/mol. The summed E-state index contributed by atoms with van der Waals surface area (Å²) >= 11 is 7.80. The van der Waals surface area contributed by atoms with Crippen molar-refractivity contribution in [3.05, 3.63) is 47.0 Å². The Morgan fingerprint density at radius 1 is 1.23 bits per heavy atom. The highest BCUT2D eigenvalue weighted by molar-refractivity contribution is 7.22. The van der Waals surface area contributed by atoms with E-state index in [1.165, 1.54) is 0 Å². The third kappa shape index (κ3) is 5.60. The van der Waals surface area contributed by atoms with Gasteiger partial charge in [0.2, 0.25) is 0 Å². The van der Waals surface area contributed by atoms with Crippen molar-refractivity contribution in [1.29, 1.82) is 0 Å². The number of anilines is 1. The summed E-state index contributed by atoms with van der Waals surface area (Å²) < 4.78 is 12.3. The number of aryl methyl sites for hydroxylation is 1. The van der Waals surface area contributed by atoms with E-state index in [1.807, 2.05) is 37.3 Å². The average molecular weight is 461 g/mol. The van der Waals surface area contributed by atoms with Crippen LogP contribution in [0.15, 0.2) is 36.4 Å². The molecule has 3 aromatic rings. The summed E-state index contributed by atoms with van der Waals surface area (Å²) in [7, 11) is 0. The fourth-order valence-corrected chi connectivity index (χ4v) is 5.08. The summed E-state index contributed by atoms with van der Waals surface area (Å²) in [5.74, 6) is 1.00. The Morgan fingerprint density at radius 3 is 2.77 bits per heavy atom. The van der Waals surface area contributed by atoms with E-state index in [2.05, 4.69) is 4.90 Å². The molecule has 0 saturated carbocycles. The number of hydrogen-bond donors (Lipinski definition) is 1. The number of piperidine rings is 1. The number of carboxylic acid groups (broad SMARTS) is 1. The molecule has 0 spiro atoms. The molecule has 4 rings (SSSR count). The summed E-state index contributed by atoms with van der Waals surface area (Å²) in [6, 6.07) is 11.3. The minimum absolute atomic E-state index is 0.343. The maximum Gasteiger partial charge on any atom is 0.341 e. The molecule has 1 aliphatic rings. The van der Waals surface area contributed by atoms with E-state index >= 15 is 0 Å². The zero-order valence-electron chi connectivity index (χ0n) is 17.3. The second-order valence-corrected chi connectivity index (χ2v) is 9.23. The predicted molar refractivity (Wildman–Crippen MR) is 124 cm³/mol. The van der Waals surface area contributed by atoms with Gasteiger partial charge in [-0.25, -0.2) is 9.78 Å². The molecule has 0 radical (unpaired) electrons. The SMILES string of the molecule is Cc1cc(OCCC2CCN(c3nc4ccc(Cl)cc4s3)CC2)ccc1OCC(=O)O. The van der Waals surface area contributed by atoms with Gasteiger partial charge in [0, 0.05) is 18.1 Å². The van der Waals surface area contributed by atoms with Crippen LogP contribution in [-0.4, -0.2) is 42.4 Å². The number of aliphatic carboxylic acids is 1. The first-order valence-corrected chi connectivity index (χ1v) is 11.6. The van der Waals surface area contributed by atoms with Crippen molar-refractivity contribution in [3.63, 3.8) is 0 Å². The van der Waals surface area contributed by atoms with Gasteiger partial charge in [-0.15, -0.1) is 0 Å². The van der Waals surface area contributed by atoms with Crippen LogP contribution < -0.4 is 14.4 Å². The molecule has 0 amide bonds. The molecule has 6 nitrogen and oxygen atoms in total. The number of halogens is 1. The zero-order chi connectivity index (χ0) is 21.8. The van der Waals surface area contributed by atoms with E-state index in [9.17, 15) is 4.79 Å². The Morgan fingerprint density at radius 2 is 2.03 bits per heavy atom. The van der Waals surface area contributed by atoms with Crippen LogP contribution >= 0.6 is 22.9 Å². The molecular weight excluding hydrogens is 436 g/mol. The topological polar surface area (TPSA) is 71.9 Å². The van der Waals surface area contributed by atoms with Crippen LogP contribution in [0.3, 0.4) is 0 Å². The number of aromatic nitrogens is 1. The van der Waals surface area contributed by atoms with Crippen molar-refractivity contribution in [1.82, 2.24) is 4.98 Å². The number of carboxylic acids is 1. The fourth-order valence-electron chi connectivity index (χ4n) is 3.79. The Hall–Kier alpha value is -2.51. The minimum atomic E-state index is -0.988. The fraction of sp³-hybridized carbons (Fsp3) is 0.391. The zero-order valence-corrected chi connectivity index (χ0v) is 18.9. The van der Waals surface area contributed by atoms with Gasteiger partial charge in [-0.05, 0) is 74.1 Å². The van der Waals surface area contributed by atoms with Crippen LogP contribution in [0.1, 0.15) is 24.8 Å².